The van der Waals surface area contributed by atoms with Gasteiger partial charge in [0.15, 0.2) is 0 Å². The highest BCUT2D eigenvalue weighted by Gasteiger charge is 2.25. The van der Waals surface area contributed by atoms with Gasteiger partial charge < -0.3 is 10.3 Å². The Balaban J connectivity index is 1.83. The van der Waals surface area contributed by atoms with Crippen molar-refractivity contribution in [3.63, 3.8) is 0 Å². The summed E-state index contributed by atoms with van der Waals surface area (Å²) in [5.41, 5.74) is 8.84. The van der Waals surface area contributed by atoms with Crippen LogP contribution in [0.5, 0.6) is 0 Å². The molecule has 2 N–H and O–H groups in total. The molecule has 0 atom stereocenters. The van der Waals surface area contributed by atoms with Gasteiger partial charge in [0.2, 0.25) is 11.7 Å². The average molecular weight is 272 g/mol. The first kappa shape index (κ1) is 13.2. The minimum atomic E-state index is 0.333. The van der Waals surface area contributed by atoms with Crippen molar-refractivity contribution in [3.8, 4) is 11.4 Å². The molecule has 106 valence electrons. The fourth-order valence-electron chi connectivity index (χ4n) is 2.85. The normalized spacial score (nSPS) is 22.9. The molecule has 0 spiro atoms. The third kappa shape index (κ3) is 2.72. The molecule has 2 aromatic heterocycles. The molecule has 1 saturated carbocycles. The number of rotatable bonds is 2. The van der Waals surface area contributed by atoms with Gasteiger partial charge in [0, 0.05) is 28.9 Å². The molecule has 3 rings (SSSR count). The Morgan fingerprint density at radius 3 is 2.35 bits per heavy atom. The Bertz CT molecular complexity index is 579. The van der Waals surface area contributed by atoms with Crippen molar-refractivity contribution in [1.82, 2.24) is 15.1 Å². The lowest BCUT2D eigenvalue weighted by molar-refractivity contribution is 0.301. The first-order chi connectivity index (χ1) is 9.61. The maximum Gasteiger partial charge on any atom is 0.230 e. The van der Waals surface area contributed by atoms with E-state index in [0.717, 1.165) is 48.5 Å². The van der Waals surface area contributed by atoms with Gasteiger partial charge in [0.25, 0.3) is 0 Å². The van der Waals surface area contributed by atoms with Gasteiger partial charge in [0.1, 0.15) is 0 Å². The van der Waals surface area contributed by atoms with Crippen molar-refractivity contribution in [2.24, 2.45) is 5.73 Å². The van der Waals surface area contributed by atoms with E-state index in [-0.39, 0.29) is 0 Å². The quantitative estimate of drug-likeness (QED) is 0.909. The van der Waals surface area contributed by atoms with Crippen molar-refractivity contribution in [3.05, 3.63) is 29.4 Å². The van der Waals surface area contributed by atoms with E-state index in [4.69, 9.17) is 10.3 Å². The zero-order valence-corrected chi connectivity index (χ0v) is 12.0. The lowest BCUT2D eigenvalue weighted by Gasteiger charge is -2.22. The number of pyridine rings is 1. The maximum absolute atomic E-state index is 5.93. The summed E-state index contributed by atoms with van der Waals surface area (Å²) in [5, 5.41) is 4.12. The van der Waals surface area contributed by atoms with Crippen LogP contribution >= 0.6 is 0 Å². The monoisotopic (exact) mass is 272 g/mol. The summed E-state index contributed by atoms with van der Waals surface area (Å²) in [6.07, 6.45) is 4.15. The van der Waals surface area contributed by atoms with Gasteiger partial charge in [-0.05, 0) is 51.7 Å². The van der Waals surface area contributed by atoms with Crippen LogP contribution in [0.25, 0.3) is 11.4 Å². The summed E-state index contributed by atoms with van der Waals surface area (Å²) >= 11 is 0. The summed E-state index contributed by atoms with van der Waals surface area (Å²) < 4.78 is 5.45. The van der Waals surface area contributed by atoms with Crippen molar-refractivity contribution < 1.29 is 4.52 Å². The smallest absolute Gasteiger partial charge is 0.230 e. The minimum Gasteiger partial charge on any atom is -0.339 e. The number of nitrogens with zero attached hydrogens (tertiary/aromatic N) is 3. The Labute approximate surface area is 118 Å². The molecular weight excluding hydrogens is 252 g/mol. The molecule has 0 aromatic carbocycles. The number of aryl methyl sites for hydroxylation is 2. The van der Waals surface area contributed by atoms with Crippen LogP contribution in [-0.4, -0.2) is 21.2 Å². The summed E-state index contributed by atoms with van der Waals surface area (Å²) in [4.78, 5) is 8.93. The third-order valence-electron chi connectivity index (χ3n) is 3.90. The van der Waals surface area contributed by atoms with Crippen molar-refractivity contribution in [2.75, 3.05) is 0 Å². The summed E-state index contributed by atoms with van der Waals surface area (Å²) in [7, 11) is 0. The molecule has 5 heteroatoms. The first-order valence-electron chi connectivity index (χ1n) is 7.16. The van der Waals surface area contributed by atoms with Crippen molar-refractivity contribution in [2.45, 2.75) is 51.5 Å². The van der Waals surface area contributed by atoms with Gasteiger partial charge in [-0.3, -0.25) is 4.98 Å². The van der Waals surface area contributed by atoms with Gasteiger partial charge in [-0.1, -0.05) is 5.16 Å². The summed E-state index contributed by atoms with van der Waals surface area (Å²) in [6.45, 7) is 3.94. The van der Waals surface area contributed by atoms with Crippen LogP contribution in [0.2, 0.25) is 0 Å². The van der Waals surface area contributed by atoms with E-state index >= 15 is 0 Å². The predicted octanol–water partition coefficient (Wildman–Crippen LogP) is 2.73. The standard InChI is InChI=1S/C15H20N4O/c1-9-7-12(8-10(2)17-9)14-18-15(20-19-14)11-3-5-13(16)6-4-11/h7-8,11,13H,3-6,16H2,1-2H3. The van der Waals surface area contributed by atoms with E-state index < -0.39 is 0 Å². The van der Waals surface area contributed by atoms with Crippen molar-refractivity contribution >= 4 is 0 Å². The molecule has 1 aliphatic rings. The van der Waals surface area contributed by atoms with Crippen LogP contribution in [0.4, 0.5) is 0 Å². The highest BCUT2D eigenvalue weighted by Crippen LogP contribution is 2.32. The van der Waals surface area contributed by atoms with Gasteiger partial charge in [-0.15, -0.1) is 0 Å². The van der Waals surface area contributed by atoms with E-state index in [1.165, 1.54) is 0 Å². The molecule has 0 radical (unpaired) electrons. The number of nitrogens with two attached hydrogens (primary N) is 1. The molecule has 2 heterocycles. The van der Waals surface area contributed by atoms with Gasteiger partial charge in [0.05, 0.1) is 0 Å². The van der Waals surface area contributed by atoms with E-state index in [1.54, 1.807) is 0 Å². The van der Waals surface area contributed by atoms with Crippen LogP contribution in [-0.2, 0) is 0 Å². The van der Waals surface area contributed by atoms with Gasteiger partial charge >= 0.3 is 0 Å². The molecular formula is C15H20N4O. The molecule has 0 saturated heterocycles. The number of hydrogen-bond donors (Lipinski definition) is 1. The summed E-state index contributed by atoms with van der Waals surface area (Å²) in [5.74, 6) is 1.77. The van der Waals surface area contributed by atoms with E-state index in [0.29, 0.717) is 17.8 Å². The molecule has 0 unspecified atom stereocenters. The summed E-state index contributed by atoms with van der Waals surface area (Å²) in [6, 6.07) is 4.30. The lowest BCUT2D eigenvalue weighted by atomic mass is 9.86. The third-order valence-corrected chi connectivity index (χ3v) is 3.90. The van der Waals surface area contributed by atoms with Crippen LogP contribution in [0.3, 0.4) is 0 Å². The Hall–Kier alpha value is -1.75. The van der Waals surface area contributed by atoms with Gasteiger partial charge in [-0.2, -0.15) is 4.98 Å². The van der Waals surface area contributed by atoms with Crippen LogP contribution in [0.15, 0.2) is 16.7 Å². The SMILES string of the molecule is Cc1cc(-c2noc(C3CCC(N)CC3)n2)cc(C)n1. The number of hydrogen-bond acceptors (Lipinski definition) is 5. The van der Waals surface area contributed by atoms with E-state index in [1.807, 2.05) is 26.0 Å². The molecule has 2 aromatic rings. The highest BCUT2D eigenvalue weighted by molar-refractivity contribution is 5.55. The zero-order chi connectivity index (χ0) is 14.1. The fourth-order valence-corrected chi connectivity index (χ4v) is 2.85. The van der Waals surface area contributed by atoms with Crippen LogP contribution in [0.1, 0.15) is 48.9 Å². The van der Waals surface area contributed by atoms with E-state index in [9.17, 15) is 0 Å². The Kier molecular flexibility index (Phi) is 3.53. The second kappa shape index (κ2) is 5.32. The lowest BCUT2D eigenvalue weighted by Crippen LogP contribution is -2.25. The van der Waals surface area contributed by atoms with E-state index in [2.05, 4.69) is 15.1 Å². The molecule has 0 bridgehead atoms. The highest BCUT2D eigenvalue weighted by atomic mass is 16.5. The largest absolute Gasteiger partial charge is 0.339 e. The van der Waals surface area contributed by atoms with Crippen LogP contribution in [0, 0.1) is 13.8 Å². The van der Waals surface area contributed by atoms with Crippen LogP contribution < -0.4 is 5.73 Å². The topological polar surface area (TPSA) is 77.8 Å². The maximum atomic E-state index is 5.93. The average Bonchev–Trinajstić information content (AvgIpc) is 2.88. The second-order valence-corrected chi connectivity index (χ2v) is 5.71. The molecule has 1 aliphatic carbocycles. The Morgan fingerprint density at radius 2 is 1.70 bits per heavy atom. The molecule has 0 amide bonds. The molecule has 0 aliphatic heterocycles. The number of aromatic nitrogens is 3. The minimum absolute atomic E-state index is 0.333. The first-order valence-corrected chi connectivity index (χ1v) is 7.16. The predicted molar refractivity (Wildman–Crippen MR) is 76.2 cm³/mol. The molecule has 1 fully saturated rings. The van der Waals surface area contributed by atoms with Crippen molar-refractivity contribution in [1.29, 1.82) is 0 Å². The van der Waals surface area contributed by atoms with Gasteiger partial charge in [-0.25, -0.2) is 0 Å². The molecule has 20 heavy (non-hydrogen) atoms. The Morgan fingerprint density at radius 1 is 1.05 bits per heavy atom. The zero-order valence-electron chi connectivity index (χ0n) is 12.0. The second-order valence-electron chi connectivity index (χ2n) is 5.71. The molecule has 5 nitrogen and oxygen atoms in total. The fraction of sp³-hybridized carbons (Fsp3) is 0.533.